The summed E-state index contributed by atoms with van der Waals surface area (Å²) in [4.78, 5) is 45.1. The van der Waals surface area contributed by atoms with Gasteiger partial charge >= 0.3 is 0 Å². The Bertz CT molecular complexity index is 1420. The molecule has 2 aromatic carbocycles. The molecule has 2 amide bonds. The van der Waals surface area contributed by atoms with Crippen molar-refractivity contribution in [3.8, 4) is 17.1 Å². The van der Waals surface area contributed by atoms with E-state index in [1.165, 1.54) is 12.1 Å². The van der Waals surface area contributed by atoms with Crippen molar-refractivity contribution in [1.82, 2.24) is 19.8 Å². The SMILES string of the molecule is C/N=C(\C)c1cnc(-c2ccc(N3CCN(C(=O)CN4CC[C@@H](C(=O)Nc5ccc(O)c(Cl)c5)C4)CC3)cc2)nc1. The Morgan fingerprint density at radius 3 is 2.41 bits per heavy atom. The lowest BCUT2D eigenvalue weighted by molar-refractivity contribution is -0.132. The molecule has 214 valence electrons. The van der Waals surface area contributed by atoms with Crippen molar-refractivity contribution < 1.29 is 14.7 Å². The lowest BCUT2D eigenvalue weighted by Gasteiger charge is -2.36. The second-order valence-electron chi connectivity index (χ2n) is 10.4. The molecule has 0 spiro atoms. The molecule has 3 aromatic rings. The number of carbonyl (C=O) groups excluding carboxylic acids is 2. The molecule has 0 radical (unpaired) electrons. The molecule has 2 aliphatic rings. The number of benzene rings is 2. The Kier molecular flexibility index (Phi) is 8.80. The molecule has 2 aliphatic heterocycles. The van der Waals surface area contributed by atoms with Crippen molar-refractivity contribution in [3.63, 3.8) is 0 Å². The Labute approximate surface area is 244 Å². The first-order valence-corrected chi connectivity index (χ1v) is 14.1. The molecule has 0 unspecified atom stereocenters. The normalized spacial score (nSPS) is 18.0. The van der Waals surface area contributed by atoms with Crippen LogP contribution in [0.5, 0.6) is 5.75 Å². The summed E-state index contributed by atoms with van der Waals surface area (Å²) >= 11 is 5.94. The number of nitrogens with zero attached hydrogens (tertiary/aromatic N) is 6. The topological polar surface area (TPSA) is 114 Å². The molecule has 0 aliphatic carbocycles. The van der Waals surface area contributed by atoms with Gasteiger partial charge in [0.25, 0.3) is 0 Å². The van der Waals surface area contributed by atoms with Crippen LogP contribution < -0.4 is 10.2 Å². The molecule has 2 N–H and O–H groups in total. The predicted molar refractivity (Wildman–Crippen MR) is 161 cm³/mol. The van der Waals surface area contributed by atoms with Gasteiger partial charge in [-0.05, 0) is 62.4 Å². The maximum absolute atomic E-state index is 13.0. The molecule has 2 saturated heterocycles. The molecule has 1 aromatic heterocycles. The maximum Gasteiger partial charge on any atom is 0.236 e. The number of amides is 2. The van der Waals surface area contributed by atoms with Gasteiger partial charge in [-0.1, -0.05) is 11.6 Å². The molecule has 11 heteroatoms. The summed E-state index contributed by atoms with van der Waals surface area (Å²) in [7, 11) is 1.75. The minimum atomic E-state index is -0.201. The van der Waals surface area contributed by atoms with Gasteiger partial charge in [-0.15, -0.1) is 0 Å². The summed E-state index contributed by atoms with van der Waals surface area (Å²) in [6, 6.07) is 12.8. The summed E-state index contributed by atoms with van der Waals surface area (Å²) in [5.74, 6) is 0.430. The van der Waals surface area contributed by atoms with Crippen molar-refractivity contribution in [3.05, 3.63) is 65.4 Å². The minimum absolute atomic E-state index is 0.0283. The van der Waals surface area contributed by atoms with E-state index in [1.807, 2.05) is 28.9 Å². The molecular formula is C30H34ClN7O3. The van der Waals surface area contributed by atoms with E-state index in [4.69, 9.17) is 11.6 Å². The van der Waals surface area contributed by atoms with Crippen molar-refractivity contribution in [2.75, 3.05) is 63.1 Å². The third-order valence-electron chi connectivity index (χ3n) is 7.75. The van der Waals surface area contributed by atoms with Crippen LogP contribution in [0.3, 0.4) is 0 Å². The van der Waals surface area contributed by atoms with Gasteiger partial charge in [0.05, 0.1) is 17.5 Å². The van der Waals surface area contributed by atoms with Gasteiger partial charge in [0.2, 0.25) is 11.8 Å². The van der Waals surface area contributed by atoms with Crippen molar-refractivity contribution in [1.29, 1.82) is 0 Å². The number of rotatable bonds is 7. The highest BCUT2D eigenvalue weighted by atomic mass is 35.5. The minimum Gasteiger partial charge on any atom is -0.506 e. The van der Waals surface area contributed by atoms with Crippen molar-refractivity contribution >= 4 is 40.5 Å². The summed E-state index contributed by atoms with van der Waals surface area (Å²) in [5, 5.41) is 12.6. The smallest absolute Gasteiger partial charge is 0.236 e. The van der Waals surface area contributed by atoms with E-state index in [0.717, 1.165) is 35.6 Å². The summed E-state index contributed by atoms with van der Waals surface area (Å²) in [6.07, 6.45) is 4.27. The summed E-state index contributed by atoms with van der Waals surface area (Å²) in [5.41, 5.74) is 4.40. The fourth-order valence-corrected chi connectivity index (χ4v) is 5.32. The molecule has 5 rings (SSSR count). The number of carbonyl (C=O) groups is 2. The van der Waals surface area contributed by atoms with E-state index in [9.17, 15) is 14.7 Å². The highest BCUT2D eigenvalue weighted by Gasteiger charge is 2.31. The molecule has 2 fully saturated rings. The Morgan fingerprint density at radius 1 is 1.05 bits per heavy atom. The monoisotopic (exact) mass is 575 g/mol. The van der Waals surface area contributed by atoms with Crippen LogP contribution in [-0.4, -0.2) is 95.3 Å². The zero-order valence-electron chi connectivity index (χ0n) is 23.3. The first-order valence-electron chi connectivity index (χ1n) is 13.7. The van der Waals surface area contributed by atoms with Crippen LogP contribution in [0, 0.1) is 5.92 Å². The lowest BCUT2D eigenvalue weighted by atomic mass is 10.1. The number of hydrogen-bond donors (Lipinski definition) is 2. The van der Waals surface area contributed by atoms with Gasteiger partial charge in [-0.25, -0.2) is 9.97 Å². The molecule has 0 bridgehead atoms. The molecule has 41 heavy (non-hydrogen) atoms. The predicted octanol–water partition coefficient (Wildman–Crippen LogP) is 3.55. The highest BCUT2D eigenvalue weighted by molar-refractivity contribution is 6.32. The van der Waals surface area contributed by atoms with E-state index in [2.05, 4.69) is 37.3 Å². The van der Waals surface area contributed by atoms with E-state index < -0.39 is 0 Å². The second kappa shape index (κ2) is 12.7. The average Bonchev–Trinajstić information content (AvgIpc) is 3.47. The highest BCUT2D eigenvalue weighted by Crippen LogP contribution is 2.27. The largest absolute Gasteiger partial charge is 0.506 e. The molecular weight excluding hydrogens is 542 g/mol. The number of halogens is 1. The van der Waals surface area contributed by atoms with Crippen LogP contribution >= 0.6 is 11.6 Å². The van der Waals surface area contributed by atoms with Crippen LogP contribution in [0.25, 0.3) is 11.4 Å². The molecule has 0 saturated carbocycles. The first kappa shape index (κ1) is 28.5. The van der Waals surface area contributed by atoms with Gasteiger partial charge in [0.1, 0.15) is 5.75 Å². The number of nitrogens with one attached hydrogen (secondary N) is 1. The number of phenolic OH excluding ortho intramolecular Hbond substituents is 1. The molecule has 3 heterocycles. The number of aromatic nitrogens is 2. The number of aliphatic imine (C=N–C) groups is 1. The lowest BCUT2D eigenvalue weighted by Crippen LogP contribution is -2.51. The van der Waals surface area contributed by atoms with Crippen molar-refractivity contribution in [2.24, 2.45) is 10.9 Å². The quantitative estimate of drug-likeness (QED) is 0.327. The third-order valence-corrected chi connectivity index (χ3v) is 8.05. The number of phenols is 1. The van der Waals surface area contributed by atoms with Gasteiger partial charge in [0, 0.05) is 80.4 Å². The van der Waals surface area contributed by atoms with Crippen molar-refractivity contribution in [2.45, 2.75) is 13.3 Å². The fraction of sp³-hybridized carbons (Fsp3) is 0.367. The van der Waals surface area contributed by atoms with Crippen LogP contribution in [0.1, 0.15) is 18.9 Å². The van der Waals surface area contributed by atoms with Crippen LogP contribution in [-0.2, 0) is 9.59 Å². The zero-order valence-corrected chi connectivity index (χ0v) is 24.0. The second-order valence-corrected chi connectivity index (χ2v) is 10.8. The number of anilines is 2. The molecule has 1 atom stereocenters. The number of likely N-dealkylation sites (tertiary alicyclic amines) is 1. The van der Waals surface area contributed by atoms with E-state index in [0.29, 0.717) is 50.7 Å². The summed E-state index contributed by atoms with van der Waals surface area (Å²) in [6.45, 7) is 6.30. The summed E-state index contributed by atoms with van der Waals surface area (Å²) < 4.78 is 0. The van der Waals surface area contributed by atoms with Gasteiger partial charge < -0.3 is 20.2 Å². The van der Waals surface area contributed by atoms with Crippen LogP contribution in [0.2, 0.25) is 5.02 Å². The first-order chi connectivity index (χ1) is 19.8. The van der Waals surface area contributed by atoms with E-state index in [-0.39, 0.29) is 28.5 Å². The number of aromatic hydroxyl groups is 1. The Hall–Kier alpha value is -4.02. The zero-order chi connectivity index (χ0) is 28.9. The maximum atomic E-state index is 13.0. The Balaban J connectivity index is 1.08. The number of hydrogen-bond acceptors (Lipinski definition) is 8. The van der Waals surface area contributed by atoms with E-state index in [1.54, 1.807) is 25.5 Å². The Morgan fingerprint density at radius 2 is 1.76 bits per heavy atom. The third kappa shape index (κ3) is 6.83. The van der Waals surface area contributed by atoms with Crippen LogP contribution in [0.15, 0.2) is 59.9 Å². The fourth-order valence-electron chi connectivity index (χ4n) is 5.14. The van der Waals surface area contributed by atoms with Crippen LogP contribution in [0.4, 0.5) is 11.4 Å². The average molecular weight is 576 g/mol. The number of piperazine rings is 1. The standard InChI is InChI=1S/C30H34ClN7O3/c1-20(32-2)23-16-33-29(34-17-23)21-3-6-25(7-4-21)37-11-13-38(14-12-37)28(40)19-36-10-9-22(18-36)30(41)35-24-5-8-27(39)26(31)15-24/h3-8,15-17,22,39H,9-14,18-19H2,1-2H3,(H,35,41)/b32-20+/t22-/m1/s1. The van der Waals surface area contributed by atoms with E-state index >= 15 is 0 Å². The molecule has 10 nitrogen and oxygen atoms in total. The van der Waals surface area contributed by atoms with Gasteiger partial charge in [-0.2, -0.15) is 0 Å². The van der Waals surface area contributed by atoms with Gasteiger partial charge in [0.15, 0.2) is 5.82 Å². The van der Waals surface area contributed by atoms with Gasteiger partial charge in [-0.3, -0.25) is 19.5 Å².